The molecule has 2 unspecified atom stereocenters. The predicted octanol–water partition coefficient (Wildman–Crippen LogP) is 1.16. The fraction of sp³-hybridized carbons (Fsp3) is 1.00. The second-order valence-corrected chi connectivity index (χ2v) is 5.22. The molecule has 70 valence electrons. The average Bonchev–Trinajstić information content (AvgIpc) is 2.26. The van der Waals surface area contributed by atoms with E-state index in [-0.39, 0.29) is 10.8 Å². The highest BCUT2D eigenvalue weighted by molar-refractivity contribution is 5.14. The molecule has 0 aliphatic heterocycles. The van der Waals surface area contributed by atoms with E-state index in [0.29, 0.717) is 5.92 Å². The van der Waals surface area contributed by atoms with Crippen LogP contribution >= 0.6 is 0 Å². The van der Waals surface area contributed by atoms with E-state index in [2.05, 4.69) is 20.8 Å². The zero-order valence-electron chi connectivity index (χ0n) is 8.04. The van der Waals surface area contributed by atoms with Crippen LogP contribution in [0.4, 0.5) is 0 Å². The maximum absolute atomic E-state index is 9.83. The van der Waals surface area contributed by atoms with Crippen molar-refractivity contribution in [3.05, 3.63) is 0 Å². The van der Waals surface area contributed by atoms with Gasteiger partial charge in [0.25, 0.3) is 0 Å². The van der Waals surface area contributed by atoms with Gasteiger partial charge in [-0.05, 0) is 24.2 Å². The summed E-state index contributed by atoms with van der Waals surface area (Å²) in [6.07, 6.45) is 1.13. The zero-order chi connectivity index (χ0) is 9.15. The SMILES string of the molecule is CC1(C)C2CCC1(C)[C@@H](O)[C@H]2O. The molecule has 0 heterocycles. The molecule has 4 atom stereocenters. The van der Waals surface area contributed by atoms with Crippen LogP contribution in [0, 0.1) is 16.7 Å². The van der Waals surface area contributed by atoms with Crippen LogP contribution in [0.3, 0.4) is 0 Å². The zero-order valence-corrected chi connectivity index (χ0v) is 8.04. The normalized spacial score (nSPS) is 56.2. The molecule has 0 aromatic rings. The second-order valence-electron chi connectivity index (χ2n) is 5.22. The highest BCUT2D eigenvalue weighted by atomic mass is 16.3. The van der Waals surface area contributed by atoms with Gasteiger partial charge in [0.1, 0.15) is 0 Å². The van der Waals surface area contributed by atoms with Crippen LogP contribution in [0.2, 0.25) is 0 Å². The van der Waals surface area contributed by atoms with Crippen molar-refractivity contribution >= 4 is 0 Å². The molecule has 0 spiro atoms. The molecule has 2 nitrogen and oxygen atoms in total. The molecule has 2 rings (SSSR count). The smallest absolute Gasteiger partial charge is 0.0860 e. The summed E-state index contributed by atoms with van der Waals surface area (Å²) in [6.45, 7) is 6.45. The molecular weight excluding hydrogens is 152 g/mol. The van der Waals surface area contributed by atoms with Crippen LogP contribution in [0.1, 0.15) is 33.6 Å². The molecule has 2 bridgehead atoms. The summed E-state index contributed by atoms with van der Waals surface area (Å²) in [5, 5.41) is 19.6. The maximum atomic E-state index is 9.83. The van der Waals surface area contributed by atoms with Gasteiger partial charge in [-0.15, -0.1) is 0 Å². The molecule has 0 radical (unpaired) electrons. The number of aliphatic hydroxyl groups excluding tert-OH is 2. The number of fused-ring (bicyclic) bond motifs is 2. The van der Waals surface area contributed by atoms with Crippen molar-refractivity contribution in [2.45, 2.75) is 45.8 Å². The Kier molecular flexibility index (Phi) is 1.45. The largest absolute Gasteiger partial charge is 0.390 e. The first-order valence-corrected chi connectivity index (χ1v) is 4.77. The van der Waals surface area contributed by atoms with E-state index in [9.17, 15) is 10.2 Å². The van der Waals surface area contributed by atoms with Crippen LogP contribution in [-0.2, 0) is 0 Å². The third-order valence-electron chi connectivity index (χ3n) is 4.76. The van der Waals surface area contributed by atoms with Gasteiger partial charge in [-0.3, -0.25) is 0 Å². The van der Waals surface area contributed by atoms with Gasteiger partial charge in [-0.25, -0.2) is 0 Å². The van der Waals surface area contributed by atoms with Gasteiger partial charge in [0.15, 0.2) is 0 Å². The first-order valence-electron chi connectivity index (χ1n) is 4.77. The lowest BCUT2D eigenvalue weighted by atomic mass is 9.70. The van der Waals surface area contributed by atoms with E-state index in [1.54, 1.807) is 0 Å². The molecule has 0 aromatic carbocycles. The summed E-state index contributed by atoms with van der Waals surface area (Å²) >= 11 is 0. The van der Waals surface area contributed by atoms with E-state index in [0.717, 1.165) is 12.8 Å². The van der Waals surface area contributed by atoms with Gasteiger partial charge in [0.2, 0.25) is 0 Å². The maximum Gasteiger partial charge on any atom is 0.0860 e. The molecule has 2 aliphatic carbocycles. The molecule has 0 aromatic heterocycles. The number of rotatable bonds is 0. The minimum Gasteiger partial charge on any atom is -0.390 e. The molecule has 2 N–H and O–H groups in total. The van der Waals surface area contributed by atoms with E-state index < -0.39 is 12.2 Å². The fourth-order valence-corrected chi connectivity index (χ4v) is 3.29. The molecule has 2 saturated carbocycles. The summed E-state index contributed by atoms with van der Waals surface area (Å²) < 4.78 is 0. The van der Waals surface area contributed by atoms with Crippen molar-refractivity contribution in [2.24, 2.45) is 16.7 Å². The standard InChI is InChI=1S/C10H18O2/c1-9(2)6-4-5-10(9,3)8(12)7(6)11/h6-8,11-12H,4-5H2,1-3H3/t6?,7-,8-,10?/m0/s1. The van der Waals surface area contributed by atoms with Gasteiger partial charge in [-0.2, -0.15) is 0 Å². The van der Waals surface area contributed by atoms with E-state index in [1.807, 2.05) is 0 Å². The van der Waals surface area contributed by atoms with Gasteiger partial charge in [0.05, 0.1) is 12.2 Å². The third-order valence-corrected chi connectivity index (χ3v) is 4.76. The van der Waals surface area contributed by atoms with E-state index >= 15 is 0 Å². The van der Waals surface area contributed by atoms with Crippen LogP contribution in [0.25, 0.3) is 0 Å². The molecule has 2 fully saturated rings. The lowest BCUT2D eigenvalue weighted by molar-refractivity contribution is -0.0508. The van der Waals surface area contributed by atoms with Crippen LogP contribution < -0.4 is 0 Å². The summed E-state index contributed by atoms with van der Waals surface area (Å²) in [7, 11) is 0. The van der Waals surface area contributed by atoms with Crippen molar-refractivity contribution in [1.29, 1.82) is 0 Å². The van der Waals surface area contributed by atoms with Crippen molar-refractivity contribution < 1.29 is 10.2 Å². The molecule has 0 amide bonds. The van der Waals surface area contributed by atoms with Crippen LogP contribution in [0.5, 0.6) is 0 Å². The number of hydrogen-bond acceptors (Lipinski definition) is 2. The first kappa shape index (κ1) is 8.52. The Bertz CT molecular complexity index is 212. The number of aliphatic hydroxyl groups is 2. The van der Waals surface area contributed by atoms with Gasteiger partial charge >= 0.3 is 0 Å². The van der Waals surface area contributed by atoms with E-state index in [4.69, 9.17) is 0 Å². The molecular formula is C10H18O2. The molecule has 0 saturated heterocycles. The summed E-state index contributed by atoms with van der Waals surface area (Å²) in [5.74, 6) is 0.303. The predicted molar refractivity (Wildman–Crippen MR) is 46.6 cm³/mol. The topological polar surface area (TPSA) is 40.5 Å². The quantitative estimate of drug-likeness (QED) is 0.573. The van der Waals surface area contributed by atoms with Crippen molar-refractivity contribution in [3.63, 3.8) is 0 Å². The summed E-state index contributed by atoms with van der Waals surface area (Å²) in [5.41, 5.74) is 0.0446. The van der Waals surface area contributed by atoms with Crippen molar-refractivity contribution in [3.8, 4) is 0 Å². The Balaban J connectivity index is 2.44. The highest BCUT2D eigenvalue weighted by Gasteiger charge is 2.65. The Morgan fingerprint density at radius 2 is 1.75 bits per heavy atom. The molecule has 12 heavy (non-hydrogen) atoms. The number of hydrogen-bond donors (Lipinski definition) is 2. The van der Waals surface area contributed by atoms with Gasteiger partial charge < -0.3 is 10.2 Å². The summed E-state index contributed by atoms with van der Waals surface area (Å²) in [6, 6.07) is 0. The average molecular weight is 170 g/mol. The van der Waals surface area contributed by atoms with E-state index in [1.165, 1.54) is 0 Å². The monoisotopic (exact) mass is 170 g/mol. The van der Waals surface area contributed by atoms with Gasteiger partial charge in [-0.1, -0.05) is 20.8 Å². The molecule has 2 heteroatoms. The molecule has 2 aliphatic rings. The Morgan fingerprint density at radius 3 is 2.00 bits per heavy atom. The van der Waals surface area contributed by atoms with Crippen LogP contribution in [0.15, 0.2) is 0 Å². The second kappa shape index (κ2) is 2.05. The van der Waals surface area contributed by atoms with Crippen molar-refractivity contribution in [1.82, 2.24) is 0 Å². The fourth-order valence-electron chi connectivity index (χ4n) is 3.29. The lowest BCUT2D eigenvalue weighted by Gasteiger charge is -2.36. The highest BCUT2D eigenvalue weighted by Crippen LogP contribution is 2.65. The summed E-state index contributed by atoms with van der Waals surface area (Å²) in [4.78, 5) is 0. The minimum absolute atomic E-state index is 0.0584. The Morgan fingerprint density at radius 1 is 1.17 bits per heavy atom. The lowest BCUT2D eigenvalue weighted by Crippen LogP contribution is -2.39. The van der Waals surface area contributed by atoms with Crippen molar-refractivity contribution in [2.75, 3.05) is 0 Å². The Hall–Kier alpha value is -0.0800. The Labute approximate surface area is 73.6 Å². The van der Waals surface area contributed by atoms with Gasteiger partial charge in [0, 0.05) is 5.41 Å². The minimum atomic E-state index is -0.508. The first-order chi connectivity index (χ1) is 5.41. The van der Waals surface area contributed by atoms with Crippen LogP contribution in [-0.4, -0.2) is 22.4 Å². The third kappa shape index (κ3) is 0.647.